The number of carbonyl (C=O) groups excluding carboxylic acids is 1. The predicted molar refractivity (Wildman–Crippen MR) is 74.7 cm³/mol. The number of amides is 1. The smallest absolute Gasteiger partial charge is 0.242 e. The van der Waals surface area contributed by atoms with E-state index in [9.17, 15) is 4.79 Å². The summed E-state index contributed by atoms with van der Waals surface area (Å²) >= 11 is 1.74. The molecule has 0 aliphatic carbocycles. The van der Waals surface area contributed by atoms with Gasteiger partial charge in [0.15, 0.2) is 0 Å². The van der Waals surface area contributed by atoms with Crippen molar-refractivity contribution in [2.24, 2.45) is 0 Å². The maximum atomic E-state index is 11.9. The zero-order valence-electron chi connectivity index (χ0n) is 10.6. The number of anilines is 1. The third kappa shape index (κ3) is 3.25. The van der Waals surface area contributed by atoms with Crippen molar-refractivity contribution in [1.29, 1.82) is 0 Å². The van der Waals surface area contributed by atoms with Gasteiger partial charge in [0, 0.05) is 24.4 Å². The van der Waals surface area contributed by atoms with Gasteiger partial charge in [0.1, 0.15) is 0 Å². The highest BCUT2D eigenvalue weighted by Crippen LogP contribution is 2.20. The van der Waals surface area contributed by atoms with Gasteiger partial charge < -0.3 is 10.1 Å². The average molecular weight is 266 g/mol. The van der Waals surface area contributed by atoms with Crippen LogP contribution in [0.1, 0.15) is 18.6 Å². The molecule has 1 aliphatic heterocycles. The van der Waals surface area contributed by atoms with Crippen molar-refractivity contribution in [2.45, 2.75) is 19.1 Å². The Morgan fingerprint density at radius 1 is 1.61 bits per heavy atom. The third-order valence-corrected chi connectivity index (χ3v) is 3.95. The molecule has 1 saturated heterocycles. The van der Waals surface area contributed by atoms with E-state index in [1.54, 1.807) is 18.9 Å². The molecule has 2 atom stereocenters. The molecule has 2 N–H and O–H groups in total. The summed E-state index contributed by atoms with van der Waals surface area (Å²) in [6.07, 6.45) is 0.0296. The summed E-state index contributed by atoms with van der Waals surface area (Å²) in [4.78, 5) is 11.9. The lowest BCUT2D eigenvalue weighted by Crippen LogP contribution is -2.37. The van der Waals surface area contributed by atoms with Crippen LogP contribution in [-0.2, 0) is 9.53 Å². The van der Waals surface area contributed by atoms with Crippen molar-refractivity contribution >= 4 is 23.4 Å². The molecule has 0 radical (unpaired) electrons. The highest BCUT2D eigenvalue weighted by molar-refractivity contribution is 7.99. The number of benzene rings is 1. The summed E-state index contributed by atoms with van der Waals surface area (Å²) < 4.78 is 5.27. The Bertz CT molecular complexity index is 419. The first-order valence-electron chi connectivity index (χ1n) is 5.95. The van der Waals surface area contributed by atoms with Crippen LogP contribution in [0.3, 0.4) is 0 Å². The summed E-state index contributed by atoms with van der Waals surface area (Å²) in [6, 6.07) is 7.68. The molecule has 0 unspecified atom stereocenters. The molecule has 0 spiro atoms. The highest BCUT2D eigenvalue weighted by Gasteiger charge is 2.22. The van der Waals surface area contributed by atoms with Crippen LogP contribution in [0.15, 0.2) is 24.3 Å². The van der Waals surface area contributed by atoms with Gasteiger partial charge in [-0.1, -0.05) is 12.1 Å². The van der Waals surface area contributed by atoms with Crippen molar-refractivity contribution < 1.29 is 9.53 Å². The van der Waals surface area contributed by atoms with E-state index in [1.165, 1.54) is 0 Å². The Kier molecular flexibility index (Phi) is 4.63. The highest BCUT2D eigenvalue weighted by atomic mass is 32.2. The molecule has 1 fully saturated rings. The number of methoxy groups -OCH3 is 1. The summed E-state index contributed by atoms with van der Waals surface area (Å²) in [7, 11) is 1.68. The van der Waals surface area contributed by atoms with Crippen LogP contribution in [0, 0.1) is 0 Å². The minimum atomic E-state index is -0.0847. The molecule has 1 heterocycles. The molecule has 1 amide bonds. The second-order valence-corrected chi connectivity index (χ2v) is 5.29. The number of hydrogen-bond donors (Lipinski definition) is 2. The van der Waals surface area contributed by atoms with Crippen molar-refractivity contribution in [3.63, 3.8) is 0 Å². The Labute approximate surface area is 111 Å². The topological polar surface area (TPSA) is 50.4 Å². The fourth-order valence-corrected chi connectivity index (χ4v) is 2.74. The molecule has 1 aromatic carbocycles. The minimum Gasteiger partial charge on any atom is -0.377 e. The van der Waals surface area contributed by atoms with E-state index in [-0.39, 0.29) is 18.1 Å². The van der Waals surface area contributed by atoms with Crippen LogP contribution >= 0.6 is 11.8 Å². The SMILES string of the molecule is CO[C@H](C)c1cccc(NC(=O)[C@H]2CSCN2)c1. The predicted octanol–water partition coefficient (Wildman–Crippen LogP) is 1.99. The Hall–Kier alpha value is -1.04. The molecular weight excluding hydrogens is 248 g/mol. The number of carbonyl (C=O) groups is 1. The first kappa shape index (κ1) is 13.4. The molecule has 2 rings (SSSR count). The lowest BCUT2D eigenvalue weighted by molar-refractivity contribution is -0.117. The van der Waals surface area contributed by atoms with Crippen LogP contribution in [-0.4, -0.2) is 30.7 Å². The molecule has 0 aromatic heterocycles. The van der Waals surface area contributed by atoms with Crippen LogP contribution in [0.5, 0.6) is 0 Å². The van der Waals surface area contributed by atoms with E-state index in [4.69, 9.17) is 4.74 Å². The molecular formula is C13H18N2O2S. The average Bonchev–Trinajstić information content (AvgIpc) is 2.92. The van der Waals surface area contributed by atoms with E-state index in [0.717, 1.165) is 22.9 Å². The van der Waals surface area contributed by atoms with E-state index >= 15 is 0 Å². The van der Waals surface area contributed by atoms with Gasteiger partial charge in [-0.2, -0.15) is 0 Å². The standard InChI is InChI=1S/C13H18N2O2S/c1-9(17-2)10-4-3-5-11(6-10)15-13(16)12-7-18-8-14-12/h3-6,9,12,14H,7-8H2,1-2H3,(H,15,16)/t9-,12-/m1/s1. The van der Waals surface area contributed by atoms with Gasteiger partial charge in [0.05, 0.1) is 12.1 Å². The molecule has 5 heteroatoms. The molecule has 0 saturated carbocycles. The monoisotopic (exact) mass is 266 g/mol. The Morgan fingerprint density at radius 2 is 2.44 bits per heavy atom. The molecule has 98 valence electrons. The summed E-state index contributed by atoms with van der Waals surface area (Å²) in [5.74, 6) is 1.71. The van der Waals surface area contributed by atoms with E-state index in [1.807, 2.05) is 31.2 Å². The van der Waals surface area contributed by atoms with E-state index in [0.29, 0.717) is 0 Å². The number of hydrogen-bond acceptors (Lipinski definition) is 4. The molecule has 18 heavy (non-hydrogen) atoms. The maximum Gasteiger partial charge on any atom is 0.242 e. The minimum absolute atomic E-state index is 0.0296. The maximum absolute atomic E-state index is 11.9. The van der Waals surface area contributed by atoms with E-state index < -0.39 is 0 Å². The first-order valence-corrected chi connectivity index (χ1v) is 7.11. The second kappa shape index (κ2) is 6.22. The van der Waals surface area contributed by atoms with Gasteiger partial charge in [-0.05, 0) is 24.6 Å². The number of nitrogens with one attached hydrogen (secondary N) is 2. The molecule has 4 nitrogen and oxygen atoms in total. The van der Waals surface area contributed by atoms with Crippen LogP contribution in [0.2, 0.25) is 0 Å². The fourth-order valence-electron chi connectivity index (χ4n) is 1.80. The largest absolute Gasteiger partial charge is 0.377 e. The van der Waals surface area contributed by atoms with E-state index in [2.05, 4.69) is 10.6 Å². The van der Waals surface area contributed by atoms with Crippen LogP contribution in [0.4, 0.5) is 5.69 Å². The zero-order chi connectivity index (χ0) is 13.0. The third-order valence-electron chi connectivity index (χ3n) is 3.01. The van der Waals surface area contributed by atoms with Crippen LogP contribution in [0.25, 0.3) is 0 Å². The van der Waals surface area contributed by atoms with Crippen molar-refractivity contribution in [1.82, 2.24) is 5.32 Å². The zero-order valence-corrected chi connectivity index (χ0v) is 11.4. The number of ether oxygens (including phenoxy) is 1. The van der Waals surface area contributed by atoms with Gasteiger partial charge >= 0.3 is 0 Å². The summed E-state index contributed by atoms with van der Waals surface area (Å²) in [5, 5.41) is 6.08. The molecule has 1 aromatic rings. The lowest BCUT2D eigenvalue weighted by atomic mass is 10.1. The Balaban J connectivity index is 2.02. The summed E-state index contributed by atoms with van der Waals surface area (Å²) in [6.45, 7) is 1.98. The second-order valence-electron chi connectivity index (χ2n) is 4.26. The van der Waals surface area contributed by atoms with Gasteiger partial charge in [0.25, 0.3) is 0 Å². The summed E-state index contributed by atoms with van der Waals surface area (Å²) in [5.41, 5.74) is 1.88. The van der Waals surface area contributed by atoms with Crippen molar-refractivity contribution in [3.8, 4) is 0 Å². The van der Waals surface area contributed by atoms with Gasteiger partial charge in [-0.15, -0.1) is 11.8 Å². The molecule has 0 bridgehead atoms. The van der Waals surface area contributed by atoms with Crippen molar-refractivity contribution in [2.75, 3.05) is 24.1 Å². The van der Waals surface area contributed by atoms with Crippen LogP contribution < -0.4 is 10.6 Å². The number of thioether (sulfide) groups is 1. The molecule has 1 aliphatic rings. The van der Waals surface area contributed by atoms with Gasteiger partial charge in [0.2, 0.25) is 5.91 Å². The fraction of sp³-hybridized carbons (Fsp3) is 0.462. The lowest BCUT2D eigenvalue weighted by Gasteiger charge is -2.13. The van der Waals surface area contributed by atoms with Gasteiger partial charge in [-0.3, -0.25) is 10.1 Å². The quantitative estimate of drug-likeness (QED) is 0.875. The number of rotatable bonds is 4. The van der Waals surface area contributed by atoms with Crippen molar-refractivity contribution in [3.05, 3.63) is 29.8 Å². The van der Waals surface area contributed by atoms with Gasteiger partial charge in [-0.25, -0.2) is 0 Å². The Morgan fingerprint density at radius 3 is 3.11 bits per heavy atom. The normalized spacial score (nSPS) is 20.7. The first-order chi connectivity index (χ1) is 8.70.